The maximum Gasteiger partial charge on any atom is 0.308 e. The first-order chi connectivity index (χ1) is 12.6. The molecule has 0 heterocycles. The van der Waals surface area contributed by atoms with Crippen LogP contribution in [-0.2, 0) is 30.3 Å². The highest BCUT2D eigenvalue weighted by molar-refractivity contribution is 7.86. The summed E-state index contributed by atoms with van der Waals surface area (Å²) in [6.07, 6.45) is -2.38. The minimum Gasteiger partial charge on any atom is -0.469 e. The van der Waals surface area contributed by atoms with Crippen molar-refractivity contribution in [3.05, 3.63) is 65.0 Å². The summed E-state index contributed by atoms with van der Waals surface area (Å²) in [6, 6.07) is 6.68. The van der Waals surface area contributed by atoms with Crippen LogP contribution >= 0.6 is 0 Å². The molecule has 0 aliphatic heterocycles. The minimum absolute atomic E-state index is 0.159. The zero-order valence-corrected chi connectivity index (χ0v) is 15.4. The maximum absolute atomic E-state index is 13.9. The smallest absolute Gasteiger partial charge is 0.308 e. The first-order valence-electron chi connectivity index (χ1n) is 7.82. The number of benzene rings is 2. The van der Waals surface area contributed by atoms with Gasteiger partial charge in [-0.05, 0) is 30.7 Å². The van der Waals surface area contributed by atoms with Gasteiger partial charge in [-0.1, -0.05) is 17.7 Å². The quantitative estimate of drug-likeness (QED) is 0.404. The minimum atomic E-state index is -4.28. The van der Waals surface area contributed by atoms with E-state index < -0.39 is 52.5 Å². The molecule has 0 amide bonds. The van der Waals surface area contributed by atoms with Crippen molar-refractivity contribution in [1.29, 1.82) is 0 Å². The van der Waals surface area contributed by atoms with E-state index in [1.165, 1.54) is 12.1 Å². The predicted octanol–water partition coefficient (Wildman–Crippen LogP) is 3.29. The molecule has 0 saturated carbocycles. The van der Waals surface area contributed by atoms with E-state index in [4.69, 9.17) is 4.18 Å². The van der Waals surface area contributed by atoms with Crippen LogP contribution in [0.4, 0.5) is 13.2 Å². The van der Waals surface area contributed by atoms with Crippen molar-refractivity contribution in [1.82, 2.24) is 0 Å². The number of ether oxygens (including phenoxy) is 1. The van der Waals surface area contributed by atoms with Crippen LogP contribution in [0, 0.1) is 24.4 Å². The van der Waals surface area contributed by atoms with Crippen molar-refractivity contribution < 1.29 is 35.3 Å². The fourth-order valence-electron chi connectivity index (χ4n) is 2.31. The van der Waals surface area contributed by atoms with E-state index in [-0.39, 0.29) is 10.5 Å². The number of halogens is 3. The Hall–Kier alpha value is -2.39. The highest BCUT2D eigenvalue weighted by atomic mass is 32.2. The molecule has 0 radical (unpaired) electrons. The molecular formula is C18H17F3O5S. The molecule has 1 unspecified atom stereocenters. The monoisotopic (exact) mass is 402 g/mol. The van der Waals surface area contributed by atoms with Gasteiger partial charge in [0.05, 0.1) is 24.5 Å². The number of carbonyl (C=O) groups is 1. The lowest BCUT2D eigenvalue weighted by molar-refractivity contribution is -0.142. The molecule has 5 nitrogen and oxygen atoms in total. The summed E-state index contributed by atoms with van der Waals surface area (Å²) in [7, 11) is -3.19. The summed E-state index contributed by atoms with van der Waals surface area (Å²) in [4.78, 5) is 11.4. The topological polar surface area (TPSA) is 69.7 Å². The van der Waals surface area contributed by atoms with E-state index in [0.717, 1.165) is 12.7 Å². The van der Waals surface area contributed by atoms with Gasteiger partial charge < -0.3 is 4.74 Å². The third kappa shape index (κ3) is 5.54. The van der Waals surface area contributed by atoms with Gasteiger partial charge in [-0.2, -0.15) is 8.42 Å². The van der Waals surface area contributed by atoms with Gasteiger partial charge in [0.15, 0.2) is 11.6 Å². The van der Waals surface area contributed by atoms with E-state index in [1.54, 1.807) is 19.1 Å². The predicted molar refractivity (Wildman–Crippen MR) is 89.9 cm³/mol. The van der Waals surface area contributed by atoms with Crippen molar-refractivity contribution in [3.8, 4) is 0 Å². The number of rotatable bonds is 7. The zero-order chi connectivity index (χ0) is 20.2. The molecule has 2 aromatic carbocycles. The number of hydrogen-bond acceptors (Lipinski definition) is 5. The molecular weight excluding hydrogens is 385 g/mol. The molecule has 0 spiro atoms. The summed E-state index contributed by atoms with van der Waals surface area (Å²) >= 11 is 0. The van der Waals surface area contributed by atoms with Crippen molar-refractivity contribution in [2.75, 3.05) is 7.11 Å². The molecule has 0 aromatic heterocycles. The fourth-order valence-corrected chi connectivity index (χ4v) is 3.39. The molecule has 9 heteroatoms. The lowest BCUT2D eigenvalue weighted by atomic mass is 10.0. The van der Waals surface area contributed by atoms with Crippen molar-refractivity contribution in [2.45, 2.75) is 30.8 Å². The third-order valence-electron chi connectivity index (χ3n) is 3.73. The van der Waals surface area contributed by atoms with Crippen LogP contribution in [0.3, 0.4) is 0 Å². The van der Waals surface area contributed by atoms with E-state index in [0.29, 0.717) is 12.1 Å². The van der Waals surface area contributed by atoms with Gasteiger partial charge in [0, 0.05) is 12.5 Å². The Balaban J connectivity index is 2.30. The summed E-state index contributed by atoms with van der Waals surface area (Å²) in [5, 5.41) is 0. The molecule has 27 heavy (non-hydrogen) atoms. The Bertz CT molecular complexity index is 927. The van der Waals surface area contributed by atoms with E-state index >= 15 is 0 Å². The molecule has 0 N–H and O–H groups in total. The standard InChI is InChI=1S/C18H17F3O5S/c1-11-3-5-14(6-4-11)27(23,24)26-13(9-18(22)25-2)7-12-8-16(20)17(21)10-15(12)19/h3-6,8,10,13H,7,9H2,1-2H3. The second kappa shape index (κ2) is 8.53. The zero-order valence-electron chi connectivity index (χ0n) is 14.5. The Morgan fingerprint density at radius 1 is 1.04 bits per heavy atom. The summed E-state index contributed by atoms with van der Waals surface area (Å²) in [5.41, 5.74) is 0.492. The average molecular weight is 402 g/mol. The second-order valence-corrected chi connectivity index (χ2v) is 7.40. The van der Waals surface area contributed by atoms with Gasteiger partial charge in [-0.25, -0.2) is 13.2 Å². The normalized spacial score (nSPS) is 12.6. The molecule has 0 aliphatic carbocycles. The molecule has 0 saturated heterocycles. The van der Waals surface area contributed by atoms with Gasteiger partial charge in [-0.3, -0.25) is 8.98 Å². The first-order valence-corrected chi connectivity index (χ1v) is 9.23. The SMILES string of the molecule is COC(=O)CC(Cc1cc(F)c(F)cc1F)OS(=O)(=O)c1ccc(C)cc1. The summed E-state index contributed by atoms with van der Waals surface area (Å²) in [6.45, 7) is 1.77. The summed E-state index contributed by atoms with van der Waals surface area (Å²) < 4.78 is 74.7. The van der Waals surface area contributed by atoms with Crippen LogP contribution in [0.25, 0.3) is 0 Å². The number of esters is 1. The summed E-state index contributed by atoms with van der Waals surface area (Å²) in [5.74, 6) is -4.57. The molecule has 0 fully saturated rings. The van der Waals surface area contributed by atoms with E-state index in [2.05, 4.69) is 4.74 Å². The first kappa shape index (κ1) is 20.9. The Morgan fingerprint density at radius 3 is 2.22 bits per heavy atom. The van der Waals surface area contributed by atoms with Gasteiger partial charge in [-0.15, -0.1) is 0 Å². The number of aryl methyl sites for hydroxylation is 1. The van der Waals surface area contributed by atoms with Crippen LogP contribution in [0.1, 0.15) is 17.5 Å². The molecule has 0 bridgehead atoms. The Morgan fingerprint density at radius 2 is 1.63 bits per heavy atom. The molecule has 1 atom stereocenters. The van der Waals surface area contributed by atoms with E-state index in [1.807, 2.05) is 0 Å². The number of hydrogen-bond donors (Lipinski definition) is 0. The van der Waals surface area contributed by atoms with Crippen molar-refractivity contribution >= 4 is 16.1 Å². The van der Waals surface area contributed by atoms with Gasteiger partial charge in [0.2, 0.25) is 0 Å². The molecule has 0 aliphatic rings. The number of methoxy groups -OCH3 is 1. The lowest BCUT2D eigenvalue weighted by Crippen LogP contribution is -2.25. The van der Waals surface area contributed by atoms with Crippen LogP contribution in [0.15, 0.2) is 41.3 Å². The van der Waals surface area contributed by atoms with Gasteiger partial charge in [0.25, 0.3) is 10.1 Å². The van der Waals surface area contributed by atoms with Crippen LogP contribution in [0.5, 0.6) is 0 Å². The highest BCUT2D eigenvalue weighted by Crippen LogP contribution is 2.22. The number of carbonyl (C=O) groups excluding carboxylic acids is 1. The third-order valence-corrected chi connectivity index (χ3v) is 5.11. The molecule has 2 aromatic rings. The highest BCUT2D eigenvalue weighted by Gasteiger charge is 2.26. The van der Waals surface area contributed by atoms with Crippen LogP contribution in [0.2, 0.25) is 0 Å². The Kier molecular flexibility index (Phi) is 6.61. The second-order valence-electron chi connectivity index (χ2n) is 5.83. The van der Waals surface area contributed by atoms with Crippen LogP contribution < -0.4 is 0 Å². The largest absolute Gasteiger partial charge is 0.469 e. The Labute approximate surface area is 154 Å². The van der Waals surface area contributed by atoms with Crippen LogP contribution in [-0.4, -0.2) is 27.6 Å². The van der Waals surface area contributed by atoms with E-state index in [9.17, 15) is 26.4 Å². The van der Waals surface area contributed by atoms with Crippen molar-refractivity contribution in [3.63, 3.8) is 0 Å². The van der Waals surface area contributed by atoms with Gasteiger partial charge in [0.1, 0.15) is 5.82 Å². The molecule has 146 valence electrons. The van der Waals surface area contributed by atoms with Gasteiger partial charge >= 0.3 is 5.97 Å². The average Bonchev–Trinajstić information content (AvgIpc) is 2.59. The fraction of sp³-hybridized carbons (Fsp3) is 0.278. The molecule has 2 rings (SSSR count). The van der Waals surface area contributed by atoms with Crippen molar-refractivity contribution in [2.24, 2.45) is 0 Å². The lowest BCUT2D eigenvalue weighted by Gasteiger charge is -2.17. The maximum atomic E-state index is 13.9.